The van der Waals surface area contributed by atoms with E-state index >= 15 is 0 Å². The first-order valence-corrected chi connectivity index (χ1v) is 11.0. The molecule has 0 radical (unpaired) electrons. The van der Waals surface area contributed by atoms with E-state index in [-0.39, 0.29) is 11.7 Å². The summed E-state index contributed by atoms with van der Waals surface area (Å²) in [4.78, 5) is 16.6. The van der Waals surface area contributed by atoms with Crippen molar-refractivity contribution in [3.05, 3.63) is 64.5 Å². The van der Waals surface area contributed by atoms with Gasteiger partial charge in [-0.25, -0.2) is 13.8 Å². The maximum atomic E-state index is 13.4. The Balaban J connectivity index is 1.41. The first-order chi connectivity index (χ1) is 14.9. The number of anilines is 1. The summed E-state index contributed by atoms with van der Waals surface area (Å²) in [5.41, 5.74) is 3.81. The number of amides is 1. The predicted octanol–water partition coefficient (Wildman–Crippen LogP) is 4.41. The van der Waals surface area contributed by atoms with E-state index in [0.717, 1.165) is 28.9 Å². The van der Waals surface area contributed by atoms with Crippen molar-refractivity contribution in [1.29, 1.82) is 0 Å². The molecule has 0 unspecified atom stereocenters. The second-order valence-corrected chi connectivity index (χ2v) is 8.47. The van der Waals surface area contributed by atoms with Crippen LogP contribution in [-0.4, -0.2) is 36.9 Å². The number of carbonyl (C=O) groups is 1. The number of hydrogen-bond acceptors (Lipinski definition) is 7. The van der Waals surface area contributed by atoms with E-state index in [1.807, 2.05) is 32.0 Å². The van der Waals surface area contributed by atoms with Crippen LogP contribution in [0.3, 0.4) is 0 Å². The Morgan fingerprint density at radius 2 is 2.00 bits per heavy atom. The molecule has 0 bridgehead atoms. The van der Waals surface area contributed by atoms with Crippen LogP contribution in [0.4, 0.5) is 13.9 Å². The van der Waals surface area contributed by atoms with Crippen LogP contribution in [0, 0.1) is 25.5 Å². The highest BCUT2D eigenvalue weighted by molar-refractivity contribution is 7.99. The third-order valence-electron chi connectivity index (χ3n) is 4.33. The molecule has 4 rings (SSSR count). The molecule has 11 heteroatoms. The Bertz CT molecular complexity index is 1260. The molecular weight excluding hydrogens is 442 g/mol. The summed E-state index contributed by atoms with van der Waals surface area (Å²) < 4.78 is 28.1. The minimum atomic E-state index is -0.950. The van der Waals surface area contributed by atoms with Crippen molar-refractivity contribution < 1.29 is 13.6 Å². The molecule has 1 N–H and O–H groups in total. The van der Waals surface area contributed by atoms with Gasteiger partial charge in [0.2, 0.25) is 11.1 Å². The number of nitrogens with zero attached hydrogens (tertiary/aromatic N) is 5. The van der Waals surface area contributed by atoms with Gasteiger partial charge in [0.05, 0.1) is 17.1 Å². The number of rotatable bonds is 6. The molecule has 7 nitrogen and oxygen atoms in total. The first kappa shape index (κ1) is 21.1. The van der Waals surface area contributed by atoms with E-state index in [1.165, 1.54) is 29.2 Å². The largest absolute Gasteiger partial charge is 0.301 e. The fourth-order valence-corrected chi connectivity index (χ4v) is 4.19. The van der Waals surface area contributed by atoms with Crippen molar-refractivity contribution in [3.63, 3.8) is 0 Å². The first-order valence-electron chi connectivity index (χ1n) is 9.10. The Morgan fingerprint density at radius 1 is 1.16 bits per heavy atom. The fraction of sp³-hybridized carbons (Fsp3) is 0.150. The number of carbonyl (C=O) groups excluding carboxylic acids is 1. The van der Waals surface area contributed by atoms with Crippen LogP contribution in [0.2, 0.25) is 0 Å². The van der Waals surface area contributed by atoms with Gasteiger partial charge >= 0.3 is 0 Å². The SMILES string of the molecule is Cc1ccc(C)c(-n2nnnc2SCC(=O)Nc2nc(-c3ccc(F)c(F)c3)cs2)c1. The van der Waals surface area contributed by atoms with E-state index < -0.39 is 11.6 Å². The van der Waals surface area contributed by atoms with Crippen LogP contribution in [0.25, 0.3) is 16.9 Å². The van der Waals surface area contributed by atoms with Gasteiger partial charge in [-0.1, -0.05) is 23.9 Å². The third-order valence-corrected chi connectivity index (χ3v) is 6.01. The van der Waals surface area contributed by atoms with Crippen LogP contribution in [0.1, 0.15) is 11.1 Å². The van der Waals surface area contributed by atoms with Gasteiger partial charge in [0, 0.05) is 10.9 Å². The van der Waals surface area contributed by atoms with Crippen molar-refractivity contribution in [3.8, 4) is 16.9 Å². The van der Waals surface area contributed by atoms with Crippen molar-refractivity contribution in [2.45, 2.75) is 19.0 Å². The van der Waals surface area contributed by atoms with Crippen LogP contribution in [-0.2, 0) is 4.79 Å². The number of thioether (sulfide) groups is 1. The summed E-state index contributed by atoms with van der Waals surface area (Å²) in [6.45, 7) is 3.95. The van der Waals surface area contributed by atoms with Crippen LogP contribution in [0.15, 0.2) is 46.9 Å². The maximum absolute atomic E-state index is 13.4. The molecule has 0 spiro atoms. The molecule has 4 aromatic rings. The van der Waals surface area contributed by atoms with E-state index in [4.69, 9.17) is 0 Å². The number of nitrogens with one attached hydrogen (secondary N) is 1. The van der Waals surface area contributed by atoms with Crippen molar-refractivity contribution in [2.24, 2.45) is 0 Å². The molecule has 0 saturated carbocycles. The lowest BCUT2D eigenvalue weighted by molar-refractivity contribution is -0.113. The lowest BCUT2D eigenvalue weighted by Crippen LogP contribution is -2.14. The number of halogens is 2. The molecule has 0 atom stereocenters. The standard InChI is InChI=1S/C20H16F2N6OS2/c1-11-3-4-12(2)17(7-11)28-20(25-26-27-28)31-10-18(29)24-19-23-16(9-30-19)13-5-6-14(21)15(22)8-13/h3-9H,10H2,1-2H3,(H,23,24,29). The fourth-order valence-electron chi connectivity index (χ4n) is 2.77. The highest BCUT2D eigenvalue weighted by Gasteiger charge is 2.15. The summed E-state index contributed by atoms with van der Waals surface area (Å²) >= 11 is 2.39. The lowest BCUT2D eigenvalue weighted by Gasteiger charge is -2.08. The zero-order chi connectivity index (χ0) is 22.0. The van der Waals surface area contributed by atoms with Gasteiger partial charge in [0.1, 0.15) is 0 Å². The third kappa shape index (κ3) is 4.78. The molecule has 0 aliphatic rings. The second-order valence-electron chi connectivity index (χ2n) is 6.67. The molecule has 1 amide bonds. The van der Waals surface area contributed by atoms with Crippen molar-refractivity contribution >= 4 is 34.1 Å². The van der Waals surface area contributed by atoms with Crippen molar-refractivity contribution in [2.75, 3.05) is 11.1 Å². The number of benzene rings is 2. The Kier molecular flexibility index (Phi) is 6.05. The molecule has 2 heterocycles. The average Bonchev–Trinajstić information content (AvgIpc) is 3.40. The molecule has 2 aromatic heterocycles. The number of hydrogen-bond donors (Lipinski definition) is 1. The highest BCUT2D eigenvalue weighted by Crippen LogP contribution is 2.27. The topological polar surface area (TPSA) is 85.6 Å². The van der Waals surface area contributed by atoms with Gasteiger partial charge < -0.3 is 5.32 Å². The number of aryl methyl sites for hydroxylation is 2. The normalized spacial score (nSPS) is 11.0. The number of tetrazole rings is 1. The number of thiazole rings is 1. The highest BCUT2D eigenvalue weighted by atomic mass is 32.2. The zero-order valence-corrected chi connectivity index (χ0v) is 18.1. The summed E-state index contributed by atoms with van der Waals surface area (Å²) in [7, 11) is 0. The molecular formula is C20H16F2N6OS2. The van der Waals surface area contributed by atoms with E-state index in [0.29, 0.717) is 21.5 Å². The zero-order valence-electron chi connectivity index (χ0n) is 16.5. The molecule has 158 valence electrons. The van der Waals surface area contributed by atoms with E-state index in [1.54, 1.807) is 10.1 Å². The van der Waals surface area contributed by atoms with Crippen LogP contribution >= 0.6 is 23.1 Å². The van der Waals surface area contributed by atoms with Gasteiger partial charge in [-0.15, -0.1) is 16.4 Å². The lowest BCUT2D eigenvalue weighted by atomic mass is 10.1. The van der Waals surface area contributed by atoms with Gasteiger partial charge in [-0.3, -0.25) is 4.79 Å². The molecule has 31 heavy (non-hydrogen) atoms. The summed E-state index contributed by atoms with van der Waals surface area (Å²) in [5, 5.41) is 17.0. The van der Waals surface area contributed by atoms with E-state index in [9.17, 15) is 13.6 Å². The Hall–Kier alpha value is -3.18. The smallest absolute Gasteiger partial charge is 0.236 e. The monoisotopic (exact) mass is 458 g/mol. The average molecular weight is 459 g/mol. The summed E-state index contributed by atoms with van der Waals surface area (Å²) in [5.74, 6) is -2.08. The quantitative estimate of drug-likeness (QED) is 0.431. The second kappa shape index (κ2) is 8.90. The Morgan fingerprint density at radius 3 is 2.81 bits per heavy atom. The predicted molar refractivity (Wildman–Crippen MR) is 115 cm³/mol. The minimum Gasteiger partial charge on any atom is -0.301 e. The molecule has 2 aromatic carbocycles. The van der Waals surface area contributed by atoms with Gasteiger partial charge in [0.15, 0.2) is 16.8 Å². The summed E-state index contributed by atoms with van der Waals surface area (Å²) in [6, 6.07) is 9.51. The molecule has 0 aliphatic carbocycles. The molecule has 0 fully saturated rings. The van der Waals surface area contributed by atoms with Gasteiger partial charge in [-0.05, 0) is 59.7 Å². The number of aromatic nitrogens is 5. The summed E-state index contributed by atoms with van der Waals surface area (Å²) in [6.07, 6.45) is 0. The van der Waals surface area contributed by atoms with Crippen LogP contribution < -0.4 is 5.32 Å². The maximum Gasteiger partial charge on any atom is 0.236 e. The van der Waals surface area contributed by atoms with Crippen molar-refractivity contribution in [1.82, 2.24) is 25.2 Å². The van der Waals surface area contributed by atoms with Gasteiger partial charge in [-0.2, -0.15) is 4.68 Å². The minimum absolute atomic E-state index is 0.0747. The van der Waals surface area contributed by atoms with Gasteiger partial charge in [0.25, 0.3) is 0 Å². The van der Waals surface area contributed by atoms with Crippen LogP contribution in [0.5, 0.6) is 0 Å². The Labute approximate surface area is 184 Å². The van der Waals surface area contributed by atoms with E-state index in [2.05, 4.69) is 25.8 Å². The molecule has 0 aliphatic heterocycles. The molecule has 0 saturated heterocycles.